The second-order valence-electron chi connectivity index (χ2n) is 8.16. The van der Waals surface area contributed by atoms with Crippen LogP contribution in [0.25, 0.3) is 0 Å². The van der Waals surface area contributed by atoms with Gasteiger partial charge in [-0.25, -0.2) is 4.79 Å². The van der Waals surface area contributed by atoms with E-state index >= 15 is 0 Å². The Kier molecular flexibility index (Phi) is 8.11. The SMILES string of the molecule is COc1cccc(C(=O)Oc2ccc(C(=O)COC(=O)[C@H]3CC(=O)N(c4cccc(Cl)c4Cl)C3)cc2)c1. The van der Waals surface area contributed by atoms with Crippen molar-refractivity contribution in [1.29, 1.82) is 0 Å². The molecule has 10 heteroatoms. The normalized spacial score (nSPS) is 14.8. The number of rotatable bonds is 8. The molecule has 1 aliphatic heterocycles. The van der Waals surface area contributed by atoms with Crippen molar-refractivity contribution in [2.24, 2.45) is 5.92 Å². The van der Waals surface area contributed by atoms with Crippen molar-refractivity contribution in [2.45, 2.75) is 6.42 Å². The number of nitrogens with zero attached hydrogens (tertiary/aromatic N) is 1. The molecule has 37 heavy (non-hydrogen) atoms. The zero-order valence-electron chi connectivity index (χ0n) is 19.6. The minimum Gasteiger partial charge on any atom is -0.497 e. The predicted octanol–water partition coefficient (Wildman–Crippen LogP) is 5.00. The van der Waals surface area contributed by atoms with Gasteiger partial charge in [-0.05, 0) is 54.6 Å². The van der Waals surface area contributed by atoms with Crippen molar-refractivity contribution in [3.05, 3.63) is 87.9 Å². The van der Waals surface area contributed by atoms with Crippen molar-refractivity contribution in [3.8, 4) is 11.5 Å². The van der Waals surface area contributed by atoms with Crippen LogP contribution in [0.3, 0.4) is 0 Å². The number of esters is 2. The zero-order valence-corrected chi connectivity index (χ0v) is 21.1. The third kappa shape index (κ3) is 6.10. The predicted molar refractivity (Wildman–Crippen MR) is 137 cm³/mol. The number of anilines is 1. The first kappa shape index (κ1) is 26.2. The molecule has 4 rings (SSSR count). The summed E-state index contributed by atoms with van der Waals surface area (Å²) in [6.07, 6.45) is -0.0663. The Hall–Kier alpha value is -3.88. The van der Waals surface area contributed by atoms with E-state index < -0.39 is 30.2 Å². The highest BCUT2D eigenvalue weighted by molar-refractivity contribution is 6.44. The molecule has 1 aliphatic rings. The van der Waals surface area contributed by atoms with Crippen LogP contribution in [0.15, 0.2) is 66.7 Å². The van der Waals surface area contributed by atoms with Gasteiger partial charge in [-0.3, -0.25) is 14.4 Å². The van der Waals surface area contributed by atoms with Crippen molar-refractivity contribution in [1.82, 2.24) is 0 Å². The van der Waals surface area contributed by atoms with Crippen molar-refractivity contribution in [3.63, 3.8) is 0 Å². The minimum absolute atomic E-state index is 0.0663. The van der Waals surface area contributed by atoms with Gasteiger partial charge in [0.05, 0.1) is 34.3 Å². The molecule has 0 spiro atoms. The Morgan fingerprint density at radius 1 is 0.946 bits per heavy atom. The monoisotopic (exact) mass is 541 g/mol. The largest absolute Gasteiger partial charge is 0.497 e. The highest BCUT2D eigenvalue weighted by atomic mass is 35.5. The number of hydrogen-bond acceptors (Lipinski definition) is 7. The summed E-state index contributed by atoms with van der Waals surface area (Å²) in [7, 11) is 1.50. The van der Waals surface area contributed by atoms with Crippen molar-refractivity contribution in [2.75, 3.05) is 25.2 Å². The van der Waals surface area contributed by atoms with Gasteiger partial charge in [-0.1, -0.05) is 35.3 Å². The van der Waals surface area contributed by atoms with Crippen molar-refractivity contribution < 1.29 is 33.4 Å². The highest BCUT2D eigenvalue weighted by Gasteiger charge is 2.37. The van der Waals surface area contributed by atoms with E-state index in [1.165, 1.54) is 36.3 Å². The molecular weight excluding hydrogens is 521 g/mol. The topological polar surface area (TPSA) is 99.2 Å². The summed E-state index contributed by atoms with van der Waals surface area (Å²) >= 11 is 12.2. The summed E-state index contributed by atoms with van der Waals surface area (Å²) in [5.74, 6) is -1.96. The second-order valence-corrected chi connectivity index (χ2v) is 8.94. The van der Waals surface area contributed by atoms with Crippen LogP contribution in [0.2, 0.25) is 10.0 Å². The standard InChI is InChI=1S/C27H21Cl2NO7/c1-35-20-5-2-4-17(12-20)27(34)37-19-10-8-16(9-11-19)23(31)15-36-26(33)18-13-24(32)30(14-18)22-7-3-6-21(28)25(22)29/h2-12,18H,13-15H2,1H3/t18-/m0/s1. The van der Waals surface area contributed by atoms with E-state index in [1.807, 2.05) is 0 Å². The van der Waals surface area contributed by atoms with Crippen LogP contribution in [0.4, 0.5) is 5.69 Å². The second kappa shape index (κ2) is 11.5. The van der Waals surface area contributed by atoms with Crippen LogP contribution in [-0.2, 0) is 14.3 Å². The number of Topliss-reactive ketones (excluding diaryl/α,β-unsaturated/α-hetero) is 1. The number of methoxy groups -OCH3 is 1. The Balaban J connectivity index is 1.30. The molecule has 0 N–H and O–H groups in total. The van der Waals surface area contributed by atoms with E-state index in [-0.39, 0.29) is 35.2 Å². The van der Waals surface area contributed by atoms with Gasteiger partial charge in [-0.15, -0.1) is 0 Å². The first-order valence-electron chi connectivity index (χ1n) is 11.2. The van der Waals surface area contributed by atoms with Gasteiger partial charge in [-0.2, -0.15) is 0 Å². The molecule has 8 nitrogen and oxygen atoms in total. The fourth-order valence-electron chi connectivity index (χ4n) is 3.76. The van der Waals surface area contributed by atoms with Gasteiger partial charge >= 0.3 is 11.9 Å². The number of hydrogen-bond donors (Lipinski definition) is 0. The summed E-state index contributed by atoms with van der Waals surface area (Å²) in [6, 6.07) is 17.3. The minimum atomic E-state index is -0.742. The molecule has 0 unspecified atom stereocenters. The molecule has 0 bridgehead atoms. The number of ketones is 1. The third-order valence-corrected chi connectivity index (χ3v) is 6.53. The summed E-state index contributed by atoms with van der Waals surface area (Å²) in [5, 5.41) is 0.518. The molecule has 1 heterocycles. The fourth-order valence-corrected chi connectivity index (χ4v) is 4.16. The summed E-state index contributed by atoms with van der Waals surface area (Å²) in [4.78, 5) is 51.2. The zero-order chi connectivity index (χ0) is 26.5. The lowest BCUT2D eigenvalue weighted by Gasteiger charge is -2.18. The Morgan fingerprint density at radius 2 is 1.68 bits per heavy atom. The molecule has 190 valence electrons. The lowest BCUT2D eigenvalue weighted by molar-refractivity contribution is -0.147. The van der Waals surface area contributed by atoms with Gasteiger partial charge in [0.25, 0.3) is 0 Å². The first-order chi connectivity index (χ1) is 17.8. The smallest absolute Gasteiger partial charge is 0.343 e. The molecule has 1 fully saturated rings. The summed E-state index contributed by atoms with van der Waals surface area (Å²) < 4.78 is 15.6. The van der Waals surface area contributed by atoms with Crippen LogP contribution in [0.1, 0.15) is 27.1 Å². The number of amides is 1. The maximum absolute atomic E-state index is 12.5. The number of benzene rings is 3. The highest BCUT2D eigenvalue weighted by Crippen LogP contribution is 2.36. The van der Waals surface area contributed by atoms with Crippen molar-refractivity contribution >= 4 is 52.5 Å². The Labute approximate surface area is 222 Å². The lowest BCUT2D eigenvalue weighted by Crippen LogP contribution is -2.27. The van der Waals surface area contributed by atoms with E-state index in [2.05, 4.69) is 0 Å². The maximum atomic E-state index is 12.5. The Morgan fingerprint density at radius 3 is 2.41 bits per heavy atom. The van der Waals surface area contributed by atoms with E-state index in [0.717, 1.165) is 0 Å². The van der Waals surface area contributed by atoms with Crippen LogP contribution in [0, 0.1) is 5.92 Å². The quantitative estimate of drug-likeness (QED) is 0.224. The molecule has 1 amide bonds. The van der Waals surface area contributed by atoms with Crippen LogP contribution in [0.5, 0.6) is 11.5 Å². The maximum Gasteiger partial charge on any atom is 0.343 e. The number of carbonyl (C=O) groups excluding carboxylic acids is 4. The van der Waals surface area contributed by atoms with Gasteiger partial charge in [0.15, 0.2) is 12.4 Å². The summed E-state index contributed by atoms with van der Waals surface area (Å²) in [6.45, 7) is -0.427. The van der Waals surface area contributed by atoms with E-state index in [0.29, 0.717) is 22.0 Å². The molecule has 3 aromatic carbocycles. The average molecular weight is 542 g/mol. The van der Waals surface area contributed by atoms with E-state index in [9.17, 15) is 19.2 Å². The molecule has 0 aromatic heterocycles. The first-order valence-corrected chi connectivity index (χ1v) is 11.9. The molecule has 1 atom stereocenters. The van der Waals surface area contributed by atoms with E-state index in [1.54, 1.807) is 42.5 Å². The van der Waals surface area contributed by atoms with Crippen LogP contribution >= 0.6 is 23.2 Å². The Bertz CT molecular complexity index is 1360. The molecule has 0 radical (unpaired) electrons. The molecular formula is C27H21Cl2NO7. The van der Waals surface area contributed by atoms with Crippen LogP contribution in [-0.4, -0.2) is 43.9 Å². The number of halogens is 2. The lowest BCUT2D eigenvalue weighted by atomic mass is 10.1. The van der Waals surface area contributed by atoms with Gasteiger partial charge in [0, 0.05) is 18.5 Å². The van der Waals surface area contributed by atoms with Gasteiger partial charge in [0.2, 0.25) is 5.91 Å². The average Bonchev–Trinajstić information content (AvgIpc) is 3.30. The number of ether oxygens (including phenoxy) is 3. The molecule has 0 aliphatic carbocycles. The fraction of sp³-hybridized carbons (Fsp3) is 0.185. The number of carbonyl (C=O) groups is 4. The molecule has 3 aromatic rings. The van der Waals surface area contributed by atoms with E-state index in [4.69, 9.17) is 37.4 Å². The van der Waals surface area contributed by atoms with Gasteiger partial charge < -0.3 is 19.1 Å². The molecule has 0 saturated carbocycles. The van der Waals surface area contributed by atoms with Crippen LogP contribution < -0.4 is 14.4 Å². The molecule has 1 saturated heterocycles. The summed E-state index contributed by atoms with van der Waals surface area (Å²) in [5.41, 5.74) is 0.995. The van der Waals surface area contributed by atoms with Gasteiger partial charge in [0.1, 0.15) is 11.5 Å². The third-order valence-electron chi connectivity index (χ3n) is 5.72.